The van der Waals surface area contributed by atoms with Gasteiger partial charge < -0.3 is 16.2 Å². The third-order valence-corrected chi connectivity index (χ3v) is 2.93. The lowest BCUT2D eigenvalue weighted by Gasteiger charge is -2.12. The predicted molar refractivity (Wildman–Crippen MR) is 77.7 cm³/mol. The van der Waals surface area contributed by atoms with Gasteiger partial charge in [0, 0.05) is 6.20 Å². The van der Waals surface area contributed by atoms with E-state index in [-0.39, 0.29) is 11.7 Å². The van der Waals surface area contributed by atoms with Gasteiger partial charge in [0.25, 0.3) is 0 Å². The Bertz CT molecular complexity index is 584. The van der Waals surface area contributed by atoms with Gasteiger partial charge in [0.1, 0.15) is 11.6 Å². The van der Waals surface area contributed by atoms with Crippen LogP contribution in [0.1, 0.15) is 5.56 Å². The molecule has 0 saturated heterocycles. The molecule has 0 aliphatic carbocycles. The summed E-state index contributed by atoms with van der Waals surface area (Å²) in [6.45, 7) is 0. The van der Waals surface area contributed by atoms with Gasteiger partial charge in [-0.3, -0.25) is 4.79 Å². The van der Waals surface area contributed by atoms with Crippen LogP contribution in [0.2, 0.25) is 5.02 Å². The van der Waals surface area contributed by atoms with Gasteiger partial charge in [-0.25, -0.2) is 4.98 Å². The summed E-state index contributed by atoms with van der Waals surface area (Å²) < 4.78 is 0. The van der Waals surface area contributed by atoms with Gasteiger partial charge in [-0.1, -0.05) is 23.7 Å². The number of anilines is 1. The topological polar surface area (TPSA) is 88.2 Å². The third kappa shape index (κ3) is 3.94. The van der Waals surface area contributed by atoms with E-state index in [9.17, 15) is 9.90 Å². The Morgan fingerprint density at radius 3 is 2.60 bits per heavy atom. The van der Waals surface area contributed by atoms with E-state index in [2.05, 4.69) is 10.3 Å². The quantitative estimate of drug-likeness (QED) is 0.803. The summed E-state index contributed by atoms with van der Waals surface area (Å²) in [6, 6.07) is 9.10. The largest absolute Gasteiger partial charge is 0.508 e. The van der Waals surface area contributed by atoms with Crippen molar-refractivity contribution in [2.24, 2.45) is 5.73 Å². The number of rotatable bonds is 4. The van der Waals surface area contributed by atoms with Crippen molar-refractivity contribution in [3.05, 3.63) is 53.2 Å². The molecule has 1 aromatic heterocycles. The number of hydrogen-bond donors (Lipinski definition) is 3. The van der Waals surface area contributed by atoms with Gasteiger partial charge in [0.2, 0.25) is 5.91 Å². The highest BCUT2D eigenvalue weighted by atomic mass is 35.5. The van der Waals surface area contributed by atoms with Gasteiger partial charge >= 0.3 is 0 Å². The SMILES string of the molecule is NC(Cc1ccc(O)cc1)C(=O)Nc1ccc(Cl)cn1. The first-order valence-electron chi connectivity index (χ1n) is 6.00. The van der Waals surface area contributed by atoms with Crippen LogP contribution in [0.25, 0.3) is 0 Å². The van der Waals surface area contributed by atoms with Crippen LogP contribution in [-0.2, 0) is 11.2 Å². The lowest BCUT2D eigenvalue weighted by molar-refractivity contribution is -0.117. The number of aromatic hydroxyl groups is 1. The fraction of sp³-hybridized carbons (Fsp3) is 0.143. The third-order valence-electron chi connectivity index (χ3n) is 2.71. The molecule has 20 heavy (non-hydrogen) atoms. The number of benzene rings is 1. The molecule has 0 fully saturated rings. The van der Waals surface area contributed by atoms with Gasteiger partial charge in [-0.2, -0.15) is 0 Å². The predicted octanol–water partition coefficient (Wildman–Crippen LogP) is 1.95. The van der Waals surface area contributed by atoms with E-state index in [1.807, 2.05) is 0 Å². The van der Waals surface area contributed by atoms with E-state index >= 15 is 0 Å². The highest BCUT2D eigenvalue weighted by molar-refractivity contribution is 6.30. The number of phenolic OH excluding ortho intramolecular Hbond substituents is 1. The summed E-state index contributed by atoms with van der Waals surface area (Å²) in [5.41, 5.74) is 6.71. The molecule has 0 bridgehead atoms. The molecule has 1 unspecified atom stereocenters. The molecule has 1 heterocycles. The highest BCUT2D eigenvalue weighted by Gasteiger charge is 2.14. The smallest absolute Gasteiger partial charge is 0.242 e. The Morgan fingerprint density at radius 2 is 2.00 bits per heavy atom. The maximum absolute atomic E-state index is 11.9. The van der Waals surface area contributed by atoms with Crippen LogP contribution in [0.4, 0.5) is 5.82 Å². The molecule has 2 aromatic rings. The fourth-order valence-corrected chi connectivity index (χ4v) is 1.76. The molecule has 0 aliphatic heterocycles. The minimum Gasteiger partial charge on any atom is -0.508 e. The Hall–Kier alpha value is -2.11. The summed E-state index contributed by atoms with van der Waals surface area (Å²) >= 11 is 5.71. The number of halogens is 1. The number of carbonyl (C=O) groups is 1. The number of pyridine rings is 1. The Balaban J connectivity index is 1.94. The molecule has 6 heteroatoms. The number of hydrogen-bond acceptors (Lipinski definition) is 4. The molecule has 5 nitrogen and oxygen atoms in total. The minimum absolute atomic E-state index is 0.178. The van der Waals surface area contributed by atoms with Crippen LogP contribution in [-0.4, -0.2) is 22.0 Å². The number of nitrogens with zero attached hydrogens (tertiary/aromatic N) is 1. The summed E-state index contributed by atoms with van der Waals surface area (Å²) in [6.07, 6.45) is 1.82. The molecule has 2 rings (SSSR count). The maximum Gasteiger partial charge on any atom is 0.242 e. The van der Waals surface area contributed by atoms with Crippen molar-refractivity contribution >= 4 is 23.3 Å². The Labute approximate surface area is 121 Å². The summed E-state index contributed by atoms with van der Waals surface area (Å²) in [4.78, 5) is 15.9. The standard InChI is InChI=1S/C14H14ClN3O2/c15-10-3-6-13(17-8-10)18-14(20)12(16)7-9-1-4-11(19)5-2-9/h1-6,8,12,19H,7,16H2,(H,17,18,20). The molecule has 104 valence electrons. The van der Waals surface area contributed by atoms with E-state index < -0.39 is 6.04 Å². The van der Waals surface area contributed by atoms with Gasteiger partial charge in [-0.05, 0) is 36.2 Å². The van der Waals surface area contributed by atoms with E-state index in [1.165, 1.54) is 6.20 Å². The zero-order valence-electron chi connectivity index (χ0n) is 10.6. The number of amides is 1. The molecule has 1 amide bonds. The number of nitrogens with one attached hydrogen (secondary N) is 1. The maximum atomic E-state index is 11.9. The Morgan fingerprint density at radius 1 is 1.30 bits per heavy atom. The van der Waals surface area contributed by atoms with Crippen molar-refractivity contribution in [1.29, 1.82) is 0 Å². The van der Waals surface area contributed by atoms with Crippen LogP contribution >= 0.6 is 11.6 Å². The van der Waals surface area contributed by atoms with Crippen LogP contribution in [0.15, 0.2) is 42.6 Å². The summed E-state index contributed by atoms with van der Waals surface area (Å²) in [5, 5.41) is 12.3. The van der Waals surface area contributed by atoms with E-state index in [0.29, 0.717) is 17.3 Å². The van der Waals surface area contributed by atoms with E-state index in [0.717, 1.165) is 5.56 Å². The normalized spacial score (nSPS) is 11.9. The van der Waals surface area contributed by atoms with Crippen LogP contribution in [0.3, 0.4) is 0 Å². The highest BCUT2D eigenvalue weighted by Crippen LogP contribution is 2.12. The number of aromatic nitrogens is 1. The number of nitrogens with two attached hydrogens (primary N) is 1. The number of phenols is 1. The first-order chi connectivity index (χ1) is 9.54. The van der Waals surface area contributed by atoms with Crippen LogP contribution < -0.4 is 11.1 Å². The molecule has 4 N–H and O–H groups in total. The number of carbonyl (C=O) groups excluding carboxylic acids is 1. The zero-order valence-corrected chi connectivity index (χ0v) is 11.3. The molecule has 0 spiro atoms. The second-order valence-electron chi connectivity index (χ2n) is 4.33. The minimum atomic E-state index is -0.697. The molecule has 1 aromatic carbocycles. The van der Waals surface area contributed by atoms with Crippen molar-refractivity contribution in [2.75, 3.05) is 5.32 Å². The summed E-state index contributed by atoms with van der Waals surface area (Å²) in [7, 11) is 0. The van der Waals surface area contributed by atoms with Crippen molar-refractivity contribution in [3.8, 4) is 5.75 Å². The molecular formula is C14H14ClN3O2. The van der Waals surface area contributed by atoms with Crippen molar-refractivity contribution in [3.63, 3.8) is 0 Å². The first kappa shape index (κ1) is 14.3. The second kappa shape index (κ2) is 6.36. The van der Waals surface area contributed by atoms with Crippen molar-refractivity contribution < 1.29 is 9.90 Å². The second-order valence-corrected chi connectivity index (χ2v) is 4.76. The van der Waals surface area contributed by atoms with Crippen molar-refractivity contribution in [1.82, 2.24) is 4.98 Å². The lowest BCUT2D eigenvalue weighted by atomic mass is 10.1. The molecular weight excluding hydrogens is 278 g/mol. The van der Waals surface area contributed by atoms with E-state index in [4.69, 9.17) is 17.3 Å². The molecule has 0 saturated carbocycles. The molecule has 0 aliphatic rings. The average molecular weight is 292 g/mol. The van der Waals surface area contributed by atoms with Crippen LogP contribution in [0, 0.1) is 0 Å². The average Bonchev–Trinajstić information content (AvgIpc) is 2.44. The monoisotopic (exact) mass is 291 g/mol. The first-order valence-corrected chi connectivity index (χ1v) is 6.38. The van der Waals surface area contributed by atoms with Crippen molar-refractivity contribution in [2.45, 2.75) is 12.5 Å². The fourth-order valence-electron chi connectivity index (χ4n) is 1.65. The van der Waals surface area contributed by atoms with Gasteiger partial charge in [0.05, 0.1) is 11.1 Å². The van der Waals surface area contributed by atoms with Gasteiger partial charge in [-0.15, -0.1) is 0 Å². The van der Waals surface area contributed by atoms with Gasteiger partial charge in [0.15, 0.2) is 0 Å². The molecule has 0 radical (unpaired) electrons. The zero-order chi connectivity index (χ0) is 14.5. The van der Waals surface area contributed by atoms with Crippen LogP contribution in [0.5, 0.6) is 5.75 Å². The Kier molecular flexibility index (Phi) is 4.55. The van der Waals surface area contributed by atoms with E-state index in [1.54, 1.807) is 36.4 Å². The summed E-state index contributed by atoms with van der Waals surface area (Å²) in [5.74, 6) is 0.255. The lowest BCUT2D eigenvalue weighted by Crippen LogP contribution is -2.37. The molecule has 1 atom stereocenters.